The molecule has 0 aromatic heterocycles. The van der Waals surface area contributed by atoms with E-state index >= 15 is 0 Å². The second kappa shape index (κ2) is 4.16. The van der Waals surface area contributed by atoms with Crippen molar-refractivity contribution in [1.82, 2.24) is 4.90 Å². The molecule has 90 valence electrons. The van der Waals surface area contributed by atoms with E-state index in [2.05, 4.69) is 15.0 Å². The van der Waals surface area contributed by atoms with Crippen molar-refractivity contribution in [1.29, 1.82) is 0 Å². The van der Waals surface area contributed by atoms with Crippen LogP contribution >= 0.6 is 0 Å². The number of carbonyl (C=O) groups excluding carboxylic acids is 1. The van der Waals surface area contributed by atoms with Gasteiger partial charge in [-0.15, -0.1) is 0 Å². The van der Waals surface area contributed by atoms with Gasteiger partial charge in [0.25, 0.3) is 0 Å². The summed E-state index contributed by atoms with van der Waals surface area (Å²) in [5.41, 5.74) is 10.4. The second-order valence-electron chi connectivity index (χ2n) is 4.34. The lowest BCUT2D eigenvalue weighted by atomic mass is 10.1. The van der Waals surface area contributed by atoms with Crippen LogP contribution < -0.4 is 0 Å². The zero-order chi connectivity index (χ0) is 12.5. The van der Waals surface area contributed by atoms with Crippen molar-refractivity contribution >= 4 is 11.7 Å². The van der Waals surface area contributed by atoms with E-state index in [1.807, 2.05) is 24.3 Å². The fraction of sp³-hybridized carbons (Fsp3) is 0.333. The second-order valence-corrected chi connectivity index (χ2v) is 4.34. The normalized spacial score (nSPS) is 21.6. The summed E-state index contributed by atoms with van der Waals surface area (Å²) >= 11 is 0. The van der Waals surface area contributed by atoms with E-state index in [1.54, 1.807) is 4.90 Å². The van der Waals surface area contributed by atoms with Crippen LogP contribution in [0.1, 0.15) is 24.0 Å². The molecule has 1 unspecified atom stereocenters. The first-order chi connectivity index (χ1) is 8.79. The van der Waals surface area contributed by atoms with Gasteiger partial charge in [-0.2, -0.15) is 0 Å². The summed E-state index contributed by atoms with van der Waals surface area (Å²) in [5.74, 6) is 0.496. The third-order valence-corrected chi connectivity index (χ3v) is 3.31. The number of azide groups is 1. The summed E-state index contributed by atoms with van der Waals surface area (Å²) in [6.45, 7) is 0.535. The Morgan fingerprint density at radius 3 is 3.11 bits per heavy atom. The molecular formula is C12H11N5O. The van der Waals surface area contributed by atoms with E-state index in [1.165, 1.54) is 0 Å². The number of amides is 1. The molecule has 1 atom stereocenters. The molecule has 3 rings (SSSR count). The molecule has 0 N–H and O–H groups in total. The van der Waals surface area contributed by atoms with Crippen LogP contribution in [0.2, 0.25) is 0 Å². The summed E-state index contributed by atoms with van der Waals surface area (Å²) in [6.07, 6.45) is 1.02. The number of amidine groups is 1. The molecule has 1 amide bonds. The molecule has 18 heavy (non-hydrogen) atoms. The maximum Gasteiger partial charge on any atom is 0.224 e. The van der Waals surface area contributed by atoms with Crippen LogP contribution in [0.15, 0.2) is 34.4 Å². The standard InChI is InChI=1S/C12H11N5O/c13-16-15-12-9-4-2-1-3-8(9)7-17-10(14-12)5-6-11(17)18/h1-4,10H,5-7H2. The highest BCUT2D eigenvalue weighted by molar-refractivity contribution is 6.01. The molecule has 0 aliphatic carbocycles. The van der Waals surface area contributed by atoms with Gasteiger partial charge in [0.2, 0.25) is 5.91 Å². The molecule has 1 saturated heterocycles. The number of aliphatic imine (C=N–C) groups is 1. The Morgan fingerprint density at radius 2 is 2.28 bits per heavy atom. The van der Waals surface area contributed by atoms with Gasteiger partial charge in [-0.05, 0) is 22.6 Å². The number of nitrogens with zero attached hydrogens (tertiary/aromatic N) is 5. The molecule has 2 aliphatic heterocycles. The number of hydrogen-bond acceptors (Lipinski definition) is 3. The minimum atomic E-state index is -0.189. The Hall–Kier alpha value is -2.33. The molecule has 0 bridgehead atoms. The maximum atomic E-state index is 11.8. The number of carbonyl (C=O) groups is 1. The van der Waals surface area contributed by atoms with Crippen LogP contribution in [0.4, 0.5) is 0 Å². The van der Waals surface area contributed by atoms with Gasteiger partial charge in [-0.3, -0.25) is 9.79 Å². The molecule has 6 heteroatoms. The van der Waals surface area contributed by atoms with E-state index in [0.29, 0.717) is 25.2 Å². The van der Waals surface area contributed by atoms with Crippen LogP contribution in [-0.4, -0.2) is 22.8 Å². The fourth-order valence-electron chi connectivity index (χ4n) is 2.44. The zero-order valence-electron chi connectivity index (χ0n) is 9.65. The molecule has 1 aromatic carbocycles. The molecule has 2 aliphatic rings. The molecule has 0 radical (unpaired) electrons. The third kappa shape index (κ3) is 1.63. The van der Waals surface area contributed by atoms with E-state index < -0.39 is 0 Å². The molecule has 1 fully saturated rings. The molecule has 2 heterocycles. The Balaban J connectivity index is 2.15. The Bertz CT molecular complexity index is 588. The van der Waals surface area contributed by atoms with Crippen molar-refractivity contribution in [2.24, 2.45) is 10.1 Å². The van der Waals surface area contributed by atoms with E-state index in [9.17, 15) is 4.79 Å². The largest absolute Gasteiger partial charge is 0.316 e. The fourth-order valence-corrected chi connectivity index (χ4v) is 2.44. The highest BCUT2D eigenvalue weighted by Crippen LogP contribution is 2.27. The first kappa shape index (κ1) is 10.8. The first-order valence-corrected chi connectivity index (χ1v) is 5.80. The highest BCUT2D eigenvalue weighted by atomic mass is 16.2. The van der Waals surface area contributed by atoms with Gasteiger partial charge >= 0.3 is 0 Å². The Kier molecular flexibility index (Phi) is 2.50. The Morgan fingerprint density at radius 1 is 1.44 bits per heavy atom. The molecule has 0 spiro atoms. The first-order valence-electron chi connectivity index (χ1n) is 5.80. The topological polar surface area (TPSA) is 81.4 Å². The number of benzene rings is 1. The summed E-state index contributed by atoms with van der Waals surface area (Å²) in [4.78, 5) is 20.8. The average molecular weight is 241 g/mol. The average Bonchev–Trinajstić information content (AvgIpc) is 2.64. The van der Waals surface area contributed by atoms with Crippen LogP contribution in [-0.2, 0) is 11.3 Å². The van der Waals surface area contributed by atoms with Crippen molar-refractivity contribution in [2.45, 2.75) is 25.6 Å². The highest BCUT2D eigenvalue weighted by Gasteiger charge is 2.33. The zero-order valence-corrected chi connectivity index (χ0v) is 9.65. The monoisotopic (exact) mass is 241 g/mol. The lowest BCUT2D eigenvalue weighted by Crippen LogP contribution is -2.30. The maximum absolute atomic E-state index is 11.8. The van der Waals surface area contributed by atoms with Crippen LogP contribution in [0.3, 0.4) is 0 Å². The Labute approximate surface area is 104 Å². The quantitative estimate of drug-likeness (QED) is 0.389. The predicted octanol–water partition coefficient (Wildman–Crippen LogP) is 2.21. The molecule has 6 nitrogen and oxygen atoms in total. The smallest absolute Gasteiger partial charge is 0.224 e. The van der Waals surface area contributed by atoms with Crippen molar-refractivity contribution in [2.75, 3.05) is 0 Å². The van der Waals surface area contributed by atoms with Crippen molar-refractivity contribution in [3.63, 3.8) is 0 Å². The van der Waals surface area contributed by atoms with Gasteiger partial charge in [0.05, 0.1) is 0 Å². The molecule has 1 aromatic rings. The lowest BCUT2D eigenvalue weighted by Gasteiger charge is -2.19. The lowest BCUT2D eigenvalue weighted by molar-refractivity contribution is -0.129. The van der Waals surface area contributed by atoms with Gasteiger partial charge in [-0.1, -0.05) is 24.3 Å². The minimum Gasteiger partial charge on any atom is -0.316 e. The van der Waals surface area contributed by atoms with Gasteiger partial charge in [-0.25, -0.2) is 0 Å². The van der Waals surface area contributed by atoms with Crippen LogP contribution in [0.25, 0.3) is 10.4 Å². The van der Waals surface area contributed by atoms with Crippen LogP contribution in [0, 0.1) is 0 Å². The third-order valence-electron chi connectivity index (χ3n) is 3.31. The number of rotatable bonds is 0. The summed E-state index contributed by atoms with van der Waals surface area (Å²) in [6, 6.07) is 7.59. The van der Waals surface area contributed by atoms with Crippen LogP contribution in [0.5, 0.6) is 0 Å². The van der Waals surface area contributed by atoms with Gasteiger partial charge in [0.15, 0.2) is 0 Å². The van der Waals surface area contributed by atoms with Gasteiger partial charge < -0.3 is 4.90 Å². The van der Waals surface area contributed by atoms with E-state index in [-0.39, 0.29) is 12.1 Å². The van der Waals surface area contributed by atoms with Gasteiger partial charge in [0.1, 0.15) is 12.0 Å². The number of hydrogen-bond donors (Lipinski definition) is 0. The molecule has 0 saturated carbocycles. The predicted molar refractivity (Wildman–Crippen MR) is 65.7 cm³/mol. The van der Waals surface area contributed by atoms with Crippen molar-refractivity contribution in [3.8, 4) is 0 Å². The minimum absolute atomic E-state index is 0.112. The van der Waals surface area contributed by atoms with E-state index in [4.69, 9.17) is 5.53 Å². The summed E-state index contributed by atoms with van der Waals surface area (Å²) in [5, 5.41) is 3.66. The van der Waals surface area contributed by atoms with E-state index in [0.717, 1.165) is 11.1 Å². The van der Waals surface area contributed by atoms with Crippen molar-refractivity contribution < 1.29 is 4.79 Å². The SMILES string of the molecule is [N-]=[N+]=NC1=NC2CCC(=O)N2Cc2ccccc21. The molecular weight excluding hydrogens is 230 g/mol. The van der Waals surface area contributed by atoms with Crippen molar-refractivity contribution in [3.05, 3.63) is 45.8 Å². The van der Waals surface area contributed by atoms with Gasteiger partial charge in [0, 0.05) is 23.4 Å². The summed E-state index contributed by atoms with van der Waals surface area (Å²) in [7, 11) is 0. The summed E-state index contributed by atoms with van der Waals surface area (Å²) < 4.78 is 0. The number of fused-ring (bicyclic) bond motifs is 2.